The number of carbonyl (C=O) groups is 2. The number of aromatic nitrogens is 3. The molecule has 5 atom stereocenters. The molecule has 1 amide bonds. The van der Waals surface area contributed by atoms with Crippen LogP contribution in [0.1, 0.15) is 77.3 Å². The van der Waals surface area contributed by atoms with E-state index in [0.717, 1.165) is 31.0 Å². The summed E-state index contributed by atoms with van der Waals surface area (Å²) >= 11 is 0. The lowest BCUT2D eigenvalue weighted by Crippen LogP contribution is -2.56. The van der Waals surface area contributed by atoms with Crippen LogP contribution in [0.15, 0.2) is 48.7 Å². The Bertz CT molecular complexity index is 2570. The van der Waals surface area contributed by atoms with E-state index >= 15 is 8.78 Å². The fourth-order valence-corrected chi connectivity index (χ4v) is 10.1. The number of pyridine rings is 1. The zero-order valence-electron chi connectivity index (χ0n) is 33.9. The lowest BCUT2D eigenvalue weighted by Gasteiger charge is -2.42. The first kappa shape index (κ1) is 40.7. The van der Waals surface area contributed by atoms with Gasteiger partial charge in [0.2, 0.25) is 5.91 Å². The van der Waals surface area contributed by atoms with E-state index in [1.54, 1.807) is 26.8 Å². The number of fused-ring (bicyclic) bond motifs is 5. The number of esters is 1. The molecule has 4 aliphatic rings. The molecule has 1 N–H and O–H groups in total. The summed E-state index contributed by atoms with van der Waals surface area (Å²) in [5.41, 5.74) is -0.562. The number of anilines is 1. The van der Waals surface area contributed by atoms with Gasteiger partial charge in [-0.1, -0.05) is 26.0 Å². The highest BCUT2D eigenvalue weighted by atomic mass is 19.2. The van der Waals surface area contributed by atoms with E-state index in [1.165, 1.54) is 24.4 Å². The number of hydrogen-bond acceptors (Lipinski definition) is 10. The van der Waals surface area contributed by atoms with Gasteiger partial charge in [0, 0.05) is 48.4 Å². The Balaban J connectivity index is 1.07. The Hall–Kier alpha value is -5.64. The number of hydrogen-bond donors (Lipinski definition) is 1. The highest BCUT2D eigenvalue weighted by Gasteiger charge is 2.50. The normalized spacial score (nSPS) is 23.0. The summed E-state index contributed by atoms with van der Waals surface area (Å²) in [6.07, 6.45) is 5.19. The van der Waals surface area contributed by atoms with E-state index in [2.05, 4.69) is 14.9 Å². The molecule has 4 fully saturated rings. The van der Waals surface area contributed by atoms with Crippen molar-refractivity contribution in [3.05, 3.63) is 83.3 Å². The van der Waals surface area contributed by atoms with Crippen molar-refractivity contribution in [1.82, 2.24) is 24.8 Å². The SMILES string of the molecule is CC(CC(=O)N1C2CCC1CN(c1nc(OCC34CCCN3C(c3ccc(F)c(F)c3)CC4)nc3c(F)c(-c4cc(O)cc5ccc(F)c(F)c45)ncc13)C2)OC(=O)C(C)C. The molecule has 61 heavy (non-hydrogen) atoms. The maximum Gasteiger partial charge on any atom is 0.319 e. The van der Waals surface area contributed by atoms with Crippen molar-refractivity contribution in [2.45, 2.75) is 95.5 Å². The molecule has 3 aromatic carbocycles. The minimum atomic E-state index is -1.23. The van der Waals surface area contributed by atoms with Gasteiger partial charge in [0.15, 0.2) is 29.1 Å². The van der Waals surface area contributed by atoms with Gasteiger partial charge in [0.1, 0.15) is 35.5 Å². The summed E-state index contributed by atoms with van der Waals surface area (Å²) in [5.74, 6) is -6.01. The Labute approximate surface area is 348 Å². The molecule has 9 rings (SSSR count). The number of halogens is 5. The van der Waals surface area contributed by atoms with Gasteiger partial charge in [-0.05, 0) is 93.3 Å². The van der Waals surface area contributed by atoms with Crippen molar-refractivity contribution >= 4 is 39.4 Å². The molecular weight excluding hydrogens is 800 g/mol. The number of phenols is 1. The number of phenolic OH excluding ortho intramolecular Hbond substituents is 1. The van der Waals surface area contributed by atoms with Crippen LogP contribution in [-0.2, 0) is 14.3 Å². The molecule has 5 unspecified atom stereocenters. The second-order valence-corrected chi connectivity index (χ2v) is 17.2. The maximum atomic E-state index is 17.1. The second-order valence-electron chi connectivity index (χ2n) is 17.2. The van der Waals surface area contributed by atoms with Crippen LogP contribution in [0, 0.1) is 35.0 Å². The highest BCUT2D eigenvalue weighted by Crippen LogP contribution is 2.49. The quantitative estimate of drug-likeness (QED) is 0.109. The molecular formula is C45H45F5N6O5. The van der Waals surface area contributed by atoms with Crippen molar-refractivity contribution in [1.29, 1.82) is 0 Å². The van der Waals surface area contributed by atoms with Crippen molar-refractivity contribution in [2.24, 2.45) is 5.92 Å². The summed E-state index contributed by atoms with van der Waals surface area (Å²) in [6, 6.07) is 7.80. The number of piperazine rings is 1. The Kier molecular flexibility index (Phi) is 10.5. The third kappa shape index (κ3) is 7.25. The van der Waals surface area contributed by atoms with E-state index in [-0.39, 0.29) is 93.6 Å². The van der Waals surface area contributed by atoms with Gasteiger partial charge in [0.25, 0.3) is 0 Å². The molecule has 16 heteroatoms. The number of carbonyl (C=O) groups excluding carboxylic acids is 2. The van der Waals surface area contributed by atoms with Crippen molar-refractivity contribution in [2.75, 3.05) is 31.1 Å². The van der Waals surface area contributed by atoms with Crippen LogP contribution in [0.3, 0.4) is 0 Å². The summed E-state index contributed by atoms with van der Waals surface area (Å²) in [4.78, 5) is 45.8. The Morgan fingerprint density at radius 2 is 1.66 bits per heavy atom. The number of rotatable bonds is 10. The van der Waals surface area contributed by atoms with E-state index < -0.39 is 40.7 Å². The first-order chi connectivity index (χ1) is 29.2. The molecule has 2 aromatic heterocycles. The molecule has 4 aliphatic heterocycles. The van der Waals surface area contributed by atoms with Gasteiger partial charge < -0.3 is 24.4 Å². The van der Waals surface area contributed by atoms with E-state index in [9.17, 15) is 27.9 Å². The molecule has 6 heterocycles. The lowest BCUT2D eigenvalue weighted by atomic mass is 9.95. The van der Waals surface area contributed by atoms with Crippen molar-refractivity contribution < 1.29 is 46.1 Å². The molecule has 5 aromatic rings. The molecule has 0 saturated carbocycles. The Morgan fingerprint density at radius 3 is 2.39 bits per heavy atom. The van der Waals surface area contributed by atoms with E-state index in [1.807, 2.05) is 9.80 Å². The summed E-state index contributed by atoms with van der Waals surface area (Å²) in [5, 5.41) is 10.7. The predicted molar refractivity (Wildman–Crippen MR) is 215 cm³/mol. The van der Waals surface area contributed by atoms with E-state index in [4.69, 9.17) is 14.5 Å². The van der Waals surface area contributed by atoms with Crippen LogP contribution in [0.2, 0.25) is 0 Å². The highest BCUT2D eigenvalue weighted by molar-refractivity contribution is 6.00. The van der Waals surface area contributed by atoms with Crippen LogP contribution < -0.4 is 9.64 Å². The van der Waals surface area contributed by atoms with Gasteiger partial charge >= 0.3 is 12.0 Å². The topological polar surface area (TPSA) is 121 Å². The standard InChI is InChI=1S/C45H45F5N6O5/c1-23(2)43(59)61-24(3)15-36(58)56-27-7-8-28(56)21-54(20-27)42-31-19-51-40(30-18-29(57)16-26-6-10-33(47)38(49)37(26)30)39(50)41(31)52-44(53-42)60-22-45-12-4-14-55(45)35(11-13-45)25-5-9-32(46)34(48)17-25/h5-6,9-10,16-19,23-24,27-28,35,57H,4,7-8,11-15,20-22H2,1-3H3. The largest absolute Gasteiger partial charge is 0.508 e. The second kappa shape index (κ2) is 15.7. The first-order valence-corrected chi connectivity index (χ1v) is 20.8. The number of benzene rings is 3. The summed E-state index contributed by atoms with van der Waals surface area (Å²) in [6.45, 7) is 6.66. The van der Waals surface area contributed by atoms with Crippen molar-refractivity contribution in [3.8, 4) is 23.0 Å². The van der Waals surface area contributed by atoms with Gasteiger partial charge in [-0.3, -0.25) is 19.5 Å². The van der Waals surface area contributed by atoms with Gasteiger partial charge in [-0.25, -0.2) is 22.0 Å². The molecule has 4 saturated heterocycles. The lowest BCUT2D eigenvalue weighted by molar-refractivity contribution is -0.154. The fraction of sp³-hybridized carbons (Fsp3) is 0.444. The third-order valence-corrected chi connectivity index (χ3v) is 12.9. The number of aromatic hydroxyl groups is 1. The predicted octanol–water partition coefficient (Wildman–Crippen LogP) is 8.15. The molecule has 11 nitrogen and oxygen atoms in total. The van der Waals surface area contributed by atoms with Crippen LogP contribution in [0.4, 0.5) is 27.8 Å². The van der Waals surface area contributed by atoms with Crippen LogP contribution in [0.5, 0.6) is 11.8 Å². The van der Waals surface area contributed by atoms with Crippen LogP contribution >= 0.6 is 0 Å². The fourth-order valence-electron chi connectivity index (χ4n) is 10.1. The summed E-state index contributed by atoms with van der Waals surface area (Å²) < 4.78 is 87.2. The first-order valence-electron chi connectivity index (χ1n) is 20.8. The van der Waals surface area contributed by atoms with Gasteiger partial charge in [-0.15, -0.1) is 0 Å². The average molecular weight is 845 g/mol. The monoisotopic (exact) mass is 844 g/mol. The van der Waals surface area contributed by atoms with Crippen LogP contribution in [0.25, 0.3) is 32.9 Å². The van der Waals surface area contributed by atoms with Gasteiger partial charge in [0.05, 0.1) is 23.3 Å². The zero-order chi connectivity index (χ0) is 42.9. The smallest absolute Gasteiger partial charge is 0.319 e. The molecule has 320 valence electrons. The maximum absolute atomic E-state index is 17.1. The Morgan fingerprint density at radius 1 is 0.902 bits per heavy atom. The third-order valence-electron chi connectivity index (χ3n) is 12.9. The summed E-state index contributed by atoms with van der Waals surface area (Å²) in [7, 11) is 0. The zero-order valence-corrected chi connectivity index (χ0v) is 33.9. The van der Waals surface area contributed by atoms with E-state index in [0.29, 0.717) is 56.7 Å². The van der Waals surface area contributed by atoms with Gasteiger partial charge in [-0.2, -0.15) is 9.97 Å². The molecule has 0 radical (unpaired) electrons. The number of amides is 1. The van der Waals surface area contributed by atoms with Crippen molar-refractivity contribution in [3.63, 3.8) is 0 Å². The minimum absolute atomic E-state index is 0.0295. The van der Waals surface area contributed by atoms with Crippen LogP contribution in [-0.4, -0.2) is 91.7 Å². The molecule has 0 spiro atoms. The number of ether oxygens (including phenoxy) is 2. The molecule has 2 bridgehead atoms. The average Bonchev–Trinajstić information content (AvgIpc) is 3.88. The molecule has 0 aliphatic carbocycles. The number of nitrogens with zero attached hydrogens (tertiary/aromatic N) is 6. The minimum Gasteiger partial charge on any atom is -0.508 e.